The van der Waals surface area contributed by atoms with Crippen molar-refractivity contribution in [3.05, 3.63) is 132 Å². The van der Waals surface area contributed by atoms with Crippen molar-refractivity contribution in [1.82, 2.24) is 4.57 Å². The molecule has 0 atom stereocenters. The first-order valence-electron chi connectivity index (χ1n) is 14.6. The van der Waals surface area contributed by atoms with Gasteiger partial charge in [-0.1, -0.05) is 78.1 Å². The summed E-state index contributed by atoms with van der Waals surface area (Å²) in [5, 5.41) is 1.02. The second-order valence-electron chi connectivity index (χ2n) is 11.5. The molecule has 44 heavy (non-hydrogen) atoms. The highest BCUT2D eigenvalue weighted by Gasteiger charge is 2.52. The lowest BCUT2D eigenvalue weighted by atomic mass is 9.79. The number of hydrogen-bond acceptors (Lipinski definition) is 6. The van der Waals surface area contributed by atoms with Crippen LogP contribution in [0.5, 0.6) is 0 Å². The monoisotopic (exact) mass is 609 g/mol. The number of hydrogen-bond donors (Lipinski definition) is 0. The van der Waals surface area contributed by atoms with Gasteiger partial charge in [0, 0.05) is 68.3 Å². The predicted molar refractivity (Wildman–Crippen MR) is 178 cm³/mol. The van der Waals surface area contributed by atoms with Crippen LogP contribution in [-0.4, -0.2) is 24.6 Å². The van der Waals surface area contributed by atoms with Gasteiger partial charge in [0.05, 0.1) is 22.7 Å². The van der Waals surface area contributed by atoms with E-state index in [0.717, 1.165) is 48.8 Å². The van der Waals surface area contributed by atoms with Gasteiger partial charge in [-0.3, -0.25) is 0 Å². The van der Waals surface area contributed by atoms with Gasteiger partial charge in [-0.25, -0.2) is 4.79 Å². The van der Waals surface area contributed by atoms with Crippen LogP contribution in [0.15, 0.2) is 129 Å². The maximum absolute atomic E-state index is 14.0. The van der Waals surface area contributed by atoms with E-state index < -0.39 is 5.60 Å². The van der Waals surface area contributed by atoms with E-state index in [1.165, 1.54) is 21.2 Å². The Hall–Kier alpha value is -4.59. The molecule has 1 aromatic heterocycles. The summed E-state index contributed by atoms with van der Waals surface area (Å²) in [6.07, 6.45) is 0. The Labute approximate surface area is 264 Å². The second-order valence-corrected chi connectivity index (χ2v) is 13.7. The number of carbonyl (C=O) groups is 1. The van der Waals surface area contributed by atoms with E-state index in [4.69, 9.17) is 4.74 Å². The van der Waals surface area contributed by atoms with Gasteiger partial charge in [-0.2, -0.15) is 0 Å². The summed E-state index contributed by atoms with van der Waals surface area (Å²) >= 11 is 3.52. The van der Waals surface area contributed by atoms with Crippen molar-refractivity contribution in [1.29, 1.82) is 0 Å². The number of cyclic esters (lactones) is 1. The minimum Gasteiger partial charge on any atom is -0.439 e. The van der Waals surface area contributed by atoms with Crippen molar-refractivity contribution in [2.24, 2.45) is 7.05 Å². The number of aryl methyl sites for hydroxylation is 1. The van der Waals surface area contributed by atoms with Crippen LogP contribution in [0.2, 0.25) is 0 Å². The molecular formula is C37H27N3O2S2. The van der Waals surface area contributed by atoms with Gasteiger partial charge in [-0.05, 0) is 54.6 Å². The molecule has 5 aromatic carbocycles. The number of rotatable bonds is 2. The van der Waals surface area contributed by atoms with Crippen LogP contribution in [0.25, 0.3) is 10.9 Å². The fraction of sp³-hybridized carbons (Fsp3) is 0.108. The van der Waals surface area contributed by atoms with Crippen LogP contribution < -0.4 is 9.80 Å². The Morgan fingerprint density at radius 3 is 1.68 bits per heavy atom. The highest BCUT2D eigenvalue weighted by atomic mass is 32.2. The summed E-state index contributed by atoms with van der Waals surface area (Å²) in [6.45, 7) is 0. The highest BCUT2D eigenvalue weighted by Crippen LogP contribution is 2.56. The van der Waals surface area contributed by atoms with Gasteiger partial charge in [0.15, 0.2) is 5.60 Å². The molecule has 0 N–H and O–H groups in total. The Bertz CT molecular complexity index is 2100. The molecule has 0 aliphatic carbocycles. The zero-order valence-electron chi connectivity index (χ0n) is 24.4. The lowest BCUT2D eigenvalue weighted by molar-refractivity contribution is 0.0247. The van der Waals surface area contributed by atoms with Gasteiger partial charge in [0.1, 0.15) is 5.69 Å². The number of para-hydroxylation sites is 3. The molecule has 5 nitrogen and oxygen atoms in total. The molecule has 6 aromatic rings. The first-order chi connectivity index (χ1) is 21.5. The van der Waals surface area contributed by atoms with Crippen molar-refractivity contribution in [3.63, 3.8) is 0 Å². The average Bonchev–Trinajstić information content (AvgIpc) is 3.54. The zero-order chi connectivity index (χ0) is 29.7. The molecule has 0 spiro atoms. The van der Waals surface area contributed by atoms with E-state index in [-0.39, 0.29) is 5.97 Å². The summed E-state index contributed by atoms with van der Waals surface area (Å²) in [7, 11) is 6.18. The minimum absolute atomic E-state index is 0.306. The molecule has 4 heterocycles. The first kappa shape index (κ1) is 25.9. The van der Waals surface area contributed by atoms with E-state index in [1.54, 1.807) is 23.5 Å². The lowest BCUT2D eigenvalue weighted by Crippen LogP contribution is -2.30. The van der Waals surface area contributed by atoms with E-state index >= 15 is 0 Å². The molecule has 0 amide bonds. The molecule has 9 rings (SSSR count). The Morgan fingerprint density at radius 2 is 1.09 bits per heavy atom. The minimum atomic E-state index is -1.12. The molecule has 3 aliphatic rings. The van der Waals surface area contributed by atoms with Gasteiger partial charge in [0.2, 0.25) is 0 Å². The molecule has 3 aliphatic heterocycles. The second kappa shape index (κ2) is 9.21. The molecule has 0 fully saturated rings. The van der Waals surface area contributed by atoms with Crippen molar-refractivity contribution < 1.29 is 9.53 Å². The van der Waals surface area contributed by atoms with E-state index in [1.807, 2.05) is 23.7 Å². The molecule has 0 bridgehead atoms. The van der Waals surface area contributed by atoms with E-state index in [0.29, 0.717) is 5.69 Å². The number of anilines is 4. The number of benzene rings is 5. The summed E-state index contributed by atoms with van der Waals surface area (Å²) in [5.74, 6) is -0.306. The quantitative estimate of drug-likeness (QED) is 0.182. The van der Waals surface area contributed by atoms with Crippen molar-refractivity contribution in [3.8, 4) is 0 Å². The number of fused-ring (bicyclic) bond motifs is 7. The largest absolute Gasteiger partial charge is 0.439 e. The fourth-order valence-electron chi connectivity index (χ4n) is 7.12. The first-order valence-corrected chi connectivity index (χ1v) is 16.2. The van der Waals surface area contributed by atoms with Crippen LogP contribution in [0.4, 0.5) is 22.7 Å². The SMILES string of the molecule is CN1c2ccccc2Sc2cc(C3(c4ccc5c(c4)Sc4ccccc4N5C)OC(=O)c4c3c3ccccc3n4C)ccc21. The van der Waals surface area contributed by atoms with Crippen molar-refractivity contribution >= 4 is 63.1 Å². The number of carbonyl (C=O) groups excluding carboxylic acids is 1. The summed E-state index contributed by atoms with van der Waals surface area (Å²) < 4.78 is 8.68. The normalized spacial score (nSPS) is 15.8. The van der Waals surface area contributed by atoms with E-state index in [2.05, 4.69) is 121 Å². The number of ether oxygens (including phenoxy) is 1. The molecule has 7 heteroatoms. The number of nitrogens with zero attached hydrogens (tertiary/aromatic N) is 3. The molecule has 0 radical (unpaired) electrons. The summed E-state index contributed by atoms with van der Waals surface area (Å²) in [4.78, 5) is 23.1. The number of aromatic nitrogens is 1. The van der Waals surface area contributed by atoms with Crippen LogP contribution in [0.1, 0.15) is 27.2 Å². The topological polar surface area (TPSA) is 37.7 Å². The summed E-state index contributed by atoms with van der Waals surface area (Å²) in [5.41, 5.74) is 7.92. The maximum atomic E-state index is 14.0. The Kier molecular flexibility index (Phi) is 5.41. The molecule has 0 saturated carbocycles. The van der Waals surface area contributed by atoms with Crippen molar-refractivity contribution in [2.45, 2.75) is 25.2 Å². The van der Waals surface area contributed by atoms with E-state index in [9.17, 15) is 4.79 Å². The maximum Gasteiger partial charge on any atom is 0.357 e. The van der Waals surface area contributed by atoms with Gasteiger partial charge in [-0.15, -0.1) is 0 Å². The Balaban J connectivity index is 1.30. The smallest absolute Gasteiger partial charge is 0.357 e. The standard InChI is InChI=1S/C37H27N3O2S2/c1-38-26-12-6-8-14-30(26)43-32-20-22(16-18-28(32)38)37(34-24-10-4-5-11-25(24)40(3)35(34)36(41)42-37)23-17-19-29-33(21-23)44-31-15-9-7-13-27(31)39(29)2/h4-21H,1-3H3. The lowest BCUT2D eigenvalue weighted by Gasteiger charge is -2.35. The van der Waals surface area contributed by atoms with Crippen LogP contribution in [0.3, 0.4) is 0 Å². The summed E-state index contributed by atoms with van der Waals surface area (Å²) in [6, 6.07) is 38.3. The third kappa shape index (κ3) is 3.36. The van der Waals surface area contributed by atoms with Gasteiger partial charge in [0.25, 0.3) is 0 Å². The zero-order valence-corrected chi connectivity index (χ0v) is 26.0. The molecular weight excluding hydrogens is 583 g/mol. The average molecular weight is 610 g/mol. The van der Waals surface area contributed by atoms with Crippen LogP contribution >= 0.6 is 23.5 Å². The van der Waals surface area contributed by atoms with Crippen LogP contribution in [0, 0.1) is 0 Å². The highest BCUT2D eigenvalue weighted by molar-refractivity contribution is 8.00. The van der Waals surface area contributed by atoms with Gasteiger partial charge < -0.3 is 19.1 Å². The van der Waals surface area contributed by atoms with Gasteiger partial charge >= 0.3 is 5.97 Å². The number of esters is 1. The predicted octanol–water partition coefficient (Wildman–Crippen LogP) is 9.11. The molecule has 214 valence electrons. The third-order valence-corrected chi connectivity index (χ3v) is 11.5. The van der Waals surface area contributed by atoms with Crippen molar-refractivity contribution in [2.75, 3.05) is 23.9 Å². The fourth-order valence-corrected chi connectivity index (χ4v) is 9.50. The molecule has 0 unspecified atom stereocenters. The molecule has 0 saturated heterocycles. The Morgan fingerprint density at radius 1 is 0.591 bits per heavy atom. The third-order valence-electron chi connectivity index (χ3n) is 9.25. The van der Waals surface area contributed by atoms with Crippen LogP contribution in [-0.2, 0) is 17.4 Å².